The summed E-state index contributed by atoms with van der Waals surface area (Å²) in [5, 5.41) is 18.4. The van der Waals surface area contributed by atoms with E-state index in [0.717, 1.165) is 5.38 Å². The molecule has 0 spiro atoms. The van der Waals surface area contributed by atoms with Gasteiger partial charge in [-0.05, 0) is 19.9 Å². The Morgan fingerprint density at radius 2 is 2.00 bits per heavy atom. The predicted octanol–water partition coefficient (Wildman–Crippen LogP) is 1.50. The van der Waals surface area contributed by atoms with E-state index in [-0.39, 0.29) is 17.2 Å². The average Bonchev–Trinajstić information content (AvgIpc) is 3.10. The number of aromatic carboxylic acids is 1. The highest BCUT2D eigenvalue weighted by atomic mass is 32.2. The number of hydrogen-bond acceptors (Lipinski definition) is 8. The maximum absolute atomic E-state index is 12.4. The van der Waals surface area contributed by atoms with Crippen molar-refractivity contribution in [2.24, 2.45) is 5.14 Å². The van der Waals surface area contributed by atoms with Gasteiger partial charge in [-0.1, -0.05) is 0 Å². The number of nitrogens with zero attached hydrogens (tertiary/aromatic N) is 2. The van der Waals surface area contributed by atoms with Crippen LogP contribution in [0.25, 0.3) is 11.1 Å². The molecule has 0 fully saturated rings. The Kier molecular flexibility index (Phi) is 4.26. The lowest BCUT2D eigenvalue weighted by Crippen LogP contribution is -2.19. The molecule has 12 heteroatoms. The Hall–Kier alpha value is -2.83. The van der Waals surface area contributed by atoms with Gasteiger partial charge < -0.3 is 9.52 Å². The lowest BCUT2D eigenvalue weighted by Gasteiger charge is -2.05. The van der Waals surface area contributed by atoms with Crippen LogP contribution in [0.2, 0.25) is 0 Å². The summed E-state index contributed by atoms with van der Waals surface area (Å²) in [6, 6.07) is 1.75. The van der Waals surface area contributed by atoms with Gasteiger partial charge in [0.05, 0.1) is 16.6 Å². The number of carboxylic acids is 1. The molecule has 10 nitrogen and oxygen atoms in total. The van der Waals surface area contributed by atoms with Gasteiger partial charge in [-0.3, -0.25) is 10.1 Å². The molecule has 0 aliphatic rings. The average molecular weight is 396 g/mol. The standard InChI is InChI=1S/C14H12N4O6S2/c1-5-3-7-6(2)16-14(18-11(7)24-5)17-10(19)8-4-25-13(26(15,22)23)9(8)12(20)21/h3-4H,1-2H3,(H,20,21)(H2,15,22,23)(H,16,17,18,19). The normalized spacial score (nSPS) is 11.7. The van der Waals surface area contributed by atoms with Gasteiger partial charge in [0.1, 0.15) is 15.5 Å². The zero-order valence-corrected chi connectivity index (χ0v) is 15.1. The van der Waals surface area contributed by atoms with Crippen molar-refractivity contribution in [3.8, 4) is 0 Å². The number of rotatable bonds is 4. The summed E-state index contributed by atoms with van der Waals surface area (Å²) in [7, 11) is -4.29. The maximum Gasteiger partial charge on any atom is 0.338 e. The Labute approximate surface area is 150 Å². The van der Waals surface area contributed by atoms with Crippen molar-refractivity contribution < 1.29 is 27.5 Å². The first-order valence-electron chi connectivity index (χ1n) is 7.01. The molecule has 0 atom stereocenters. The van der Waals surface area contributed by atoms with Crippen LogP contribution in [0.3, 0.4) is 0 Å². The van der Waals surface area contributed by atoms with E-state index in [9.17, 15) is 23.1 Å². The van der Waals surface area contributed by atoms with Crippen LogP contribution < -0.4 is 10.5 Å². The third-order valence-corrected chi connectivity index (χ3v) is 5.88. The number of aromatic nitrogens is 2. The highest BCUT2D eigenvalue weighted by Crippen LogP contribution is 2.27. The number of amides is 1. The molecule has 3 rings (SSSR count). The van der Waals surface area contributed by atoms with Crippen LogP contribution >= 0.6 is 11.3 Å². The molecule has 3 aromatic heterocycles. The number of nitrogens with one attached hydrogen (secondary N) is 1. The van der Waals surface area contributed by atoms with Crippen molar-refractivity contribution in [3.63, 3.8) is 0 Å². The van der Waals surface area contributed by atoms with Crippen molar-refractivity contribution in [2.75, 3.05) is 5.32 Å². The van der Waals surface area contributed by atoms with Crippen LogP contribution in [0, 0.1) is 13.8 Å². The Balaban J connectivity index is 2.01. The van der Waals surface area contributed by atoms with E-state index in [1.807, 2.05) is 0 Å². The fourth-order valence-electron chi connectivity index (χ4n) is 2.33. The Morgan fingerprint density at radius 3 is 2.62 bits per heavy atom. The summed E-state index contributed by atoms with van der Waals surface area (Å²) in [6.07, 6.45) is 0. The number of furan rings is 1. The first kappa shape index (κ1) is 18.0. The molecule has 136 valence electrons. The van der Waals surface area contributed by atoms with Crippen LogP contribution in [0.5, 0.6) is 0 Å². The molecule has 0 aliphatic heterocycles. The van der Waals surface area contributed by atoms with E-state index < -0.39 is 31.7 Å². The van der Waals surface area contributed by atoms with Gasteiger partial charge >= 0.3 is 5.97 Å². The lowest BCUT2D eigenvalue weighted by molar-refractivity contribution is 0.0689. The number of fused-ring (bicyclic) bond motifs is 1. The van der Waals surface area contributed by atoms with Crippen molar-refractivity contribution in [3.05, 3.63) is 34.0 Å². The van der Waals surface area contributed by atoms with Gasteiger partial charge in [0.2, 0.25) is 21.7 Å². The molecule has 3 heterocycles. The number of hydrogen-bond donors (Lipinski definition) is 3. The number of primary sulfonamides is 1. The quantitative estimate of drug-likeness (QED) is 0.596. The maximum atomic E-state index is 12.4. The monoisotopic (exact) mass is 396 g/mol. The Morgan fingerprint density at radius 1 is 1.31 bits per heavy atom. The molecule has 4 N–H and O–H groups in total. The molecule has 0 saturated carbocycles. The minimum Gasteiger partial charge on any atom is -0.478 e. The molecule has 3 aromatic rings. The number of carboxylic acid groups (broad SMARTS) is 1. The van der Waals surface area contributed by atoms with Gasteiger partial charge in [-0.2, -0.15) is 4.98 Å². The van der Waals surface area contributed by atoms with Crippen LogP contribution in [-0.2, 0) is 10.0 Å². The SMILES string of the molecule is Cc1cc2c(C)nc(NC(=O)c3csc(S(N)(=O)=O)c3C(=O)O)nc2o1. The van der Waals surface area contributed by atoms with Gasteiger partial charge in [-0.15, -0.1) is 11.3 Å². The summed E-state index contributed by atoms with van der Waals surface area (Å²) < 4.78 is 27.8. The molecule has 0 aromatic carbocycles. The zero-order chi connectivity index (χ0) is 19.2. The fraction of sp³-hybridized carbons (Fsp3) is 0.143. The molecule has 0 aliphatic carbocycles. The van der Waals surface area contributed by atoms with Crippen molar-refractivity contribution >= 4 is 50.3 Å². The summed E-state index contributed by atoms with van der Waals surface area (Å²) in [5.41, 5.74) is -0.236. The summed E-state index contributed by atoms with van der Waals surface area (Å²) >= 11 is 0.545. The van der Waals surface area contributed by atoms with Gasteiger partial charge in [0, 0.05) is 5.38 Å². The minimum absolute atomic E-state index is 0.103. The van der Waals surface area contributed by atoms with E-state index in [2.05, 4.69) is 15.3 Å². The zero-order valence-electron chi connectivity index (χ0n) is 13.4. The van der Waals surface area contributed by atoms with E-state index in [1.54, 1.807) is 19.9 Å². The lowest BCUT2D eigenvalue weighted by atomic mass is 10.2. The number of carbonyl (C=O) groups excluding carboxylic acids is 1. The number of thiophene rings is 1. The topological polar surface area (TPSA) is 165 Å². The largest absolute Gasteiger partial charge is 0.478 e. The first-order valence-corrected chi connectivity index (χ1v) is 9.44. The van der Waals surface area contributed by atoms with Crippen LogP contribution in [0.15, 0.2) is 20.1 Å². The van der Waals surface area contributed by atoms with Crippen molar-refractivity contribution in [1.29, 1.82) is 0 Å². The second kappa shape index (κ2) is 6.16. The third kappa shape index (κ3) is 3.16. The van der Waals surface area contributed by atoms with E-state index in [1.165, 1.54) is 0 Å². The highest BCUT2D eigenvalue weighted by Gasteiger charge is 2.29. The third-order valence-electron chi connectivity index (χ3n) is 3.41. The van der Waals surface area contributed by atoms with Crippen LogP contribution in [0.1, 0.15) is 32.2 Å². The van der Waals surface area contributed by atoms with Gasteiger partial charge in [0.25, 0.3) is 5.91 Å². The molecule has 26 heavy (non-hydrogen) atoms. The summed E-state index contributed by atoms with van der Waals surface area (Å²) in [5.74, 6) is -1.95. The predicted molar refractivity (Wildman–Crippen MR) is 91.9 cm³/mol. The molecule has 0 saturated heterocycles. The van der Waals surface area contributed by atoms with Gasteiger partial charge in [0.15, 0.2) is 0 Å². The fourth-order valence-corrected chi connectivity index (χ4v) is 4.26. The number of aryl methyl sites for hydroxylation is 2. The number of sulfonamides is 1. The summed E-state index contributed by atoms with van der Waals surface area (Å²) in [6.45, 7) is 3.43. The van der Waals surface area contributed by atoms with E-state index in [4.69, 9.17) is 9.56 Å². The molecule has 0 unspecified atom stereocenters. The van der Waals surface area contributed by atoms with Crippen molar-refractivity contribution in [1.82, 2.24) is 9.97 Å². The Bertz CT molecular complexity index is 1160. The molecule has 1 amide bonds. The highest BCUT2D eigenvalue weighted by molar-refractivity contribution is 7.91. The van der Waals surface area contributed by atoms with Crippen molar-refractivity contribution in [2.45, 2.75) is 18.1 Å². The second-order valence-corrected chi connectivity index (χ2v) is 7.96. The smallest absolute Gasteiger partial charge is 0.338 e. The molecular formula is C14H12N4O6S2. The molecule has 0 radical (unpaired) electrons. The van der Waals surface area contributed by atoms with Crippen LogP contribution in [0.4, 0.5) is 5.95 Å². The first-order chi connectivity index (χ1) is 12.1. The van der Waals surface area contributed by atoms with Crippen LogP contribution in [-0.4, -0.2) is 35.4 Å². The number of nitrogens with two attached hydrogens (primary N) is 1. The minimum atomic E-state index is -4.29. The number of carbonyl (C=O) groups is 2. The molecule has 0 bridgehead atoms. The van der Waals surface area contributed by atoms with E-state index in [0.29, 0.717) is 28.2 Å². The van der Waals surface area contributed by atoms with E-state index >= 15 is 0 Å². The number of anilines is 1. The summed E-state index contributed by atoms with van der Waals surface area (Å²) in [4.78, 5) is 32.0. The molecular weight excluding hydrogens is 384 g/mol. The second-order valence-electron chi connectivity index (χ2n) is 5.32. The van der Waals surface area contributed by atoms with Gasteiger partial charge in [-0.25, -0.2) is 23.3 Å².